The number of furan rings is 1. The summed E-state index contributed by atoms with van der Waals surface area (Å²) in [4.78, 5) is 15.1. The molecule has 0 saturated heterocycles. The first-order valence-corrected chi connectivity index (χ1v) is 19.8. The lowest BCUT2D eigenvalue weighted by molar-refractivity contribution is 0.670. The molecular weight excluding hydrogens is 717 g/mol. The van der Waals surface area contributed by atoms with E-state index in [-0.39, 0.29) is 0 Å². The summed E-state index contributed by atoms with van der Waals surface area (Å²) in [6.07, 6.45) is 0. The van der Waals surface area contributed by atoms with Crippen molar-refractivity contribution >= 4 is 75.3 Å². The Morgan fingerprint density at radius 3 is 1.53 bits per heavy atom. The minimum atomic E-state index is 0.648. The Morgan fingerprint density at radius 1 is 0.386 bits per heavy atom. The number of benzene rings is 8. The van der Waals surface area contributed by atoms with E-state index < -0.39 is 0 Å². The van der Waals surface area contributed by atoms with Gasteiger partial charge in [-0.25, -0.2) is 15.0 Å². The topological polar surface area (TPSA) is 56.7 Å². The van der Waals surface area contributed by atoms with E-state index in [2.05, 4.69) is 126 Å². The number of hydrogen-bond acceptors (Lipinski definition) is 5. The number of rotatable bonds is 5. The molecule has 12 aromatic rings. The maximum Gasteiger partial charge on any atom is 0.165 e. The molecule has 0 spiro atoms. The fraction of sp³-hybridized carbons (Fsp3) is 0. The summed E-state index contributed by atoms with van der Waals surface area (Å²) >= 11 is 1.78. The van der Waals surface area contributed by atoms with E-state index in [4.69, 9.17) is 19.4 Å². The standard InChI is InChI=1S/C51H30N4OS/c1-3-15-31(16-4-1)49-52-50(32-17-5-2-6-18-32)54-51(53-49)40-26-13-24-38-37-23-12-22-36(47(37)57-48(38)40)35-21-11-25-39-45-43(29-14-30-44(45)56-46(35)39)55-41-27-9-7-19-33(41)34-20-8-10-28-42(34)55/h1-30H. The van der Waals surface area contributed by atoms with Gasteiger partial charge in [0.2, 0.25) is 0 Å². The zero-order valence-electron chi connectivity index (χ0n) is 30.4. The maximum atomic E-state index is 6.89. The molecule has 6 heteroatoms. The number of thiophene rings is 1. The fourth-order valence-corrected chi connectivity index (χ4v) is 9.88. The van der Waals surface area contributed by atoms with Gasteiger partial charge >= 0.3 is 0 Å². The quantitative estimate of drug-likeness (QED) is 0.176. The van der Waals surface area contributed by atoms with Crippen LogP contribution < -0.4 is 0 Å². The highest BCUT2D eigenvalue weighted by molar-refractivity contribution is 7.26. The predicted molar refractivity (Wildman–Crippen MR) is 236 cm³/mol. The van der Waals surface area contributed by atoms with Crippen LogP contribution in [0.25, 0.3) is 115 Å². The minimum Gasteiger partial charge on any atom is -0.455 e. The molecule has 5 nitrogen and oxygen atoms in total. The molecule has 0 fully saturated rings. The van der Waals surface area contributed by atoms with E-state index in [1.165, 1.54) is 37.3 Å². The van der Waals surface area contributed by atoms with Crippen LogP contribution in [0.5, 0.6) is 0 Å². The lowest BCUT2D eigenvalue weighted by atomic mass is 9.99. The van der Waals surface area contributed by atoms with Crippen LogP contribution in [-0.2, 0) is 0 Å². The first kappa shape index (κ1) is 31.9. The highest BCUT2D eigenvalue weighted by Gasteiger charge is 2.22. The molecule has 0 bridgehead atoms. The molecule has 8 aromatic carbocycles. The average Bonchev–Trinajstić information content (AvgIpc) is 3.97. The Labute approximate surface area is 330 Å². The summed E-state index contributed by atoms with van der Waals surface area (Å²) in [6, 6.07) is 63.6. The molecule has 0 saturated carbocycles. The van der Waals surface area contributed by atoms with Crippen molar-refractivity contribution in [2.45, 2.75) is 0 Å². The van der Waals surface area contributed by atoms with Crippen LogP contribution in [0, 0.1) is 0 Å². The van der Waals surface area contributed by atoms with Crippen LogP contribution in [0.3, 0.4) is 0 Å². The maximum absolute atomic E-state index is 6.89. The Hall–Kier alpha value is -7.41. The van der Waals surface area contributed by atoms with Gasteiger partial charge in [0.15, 0.2) is 17.5 Å². The third-order valence-electron chi connectivity index (χ3n) is 11.1. The summed E-state index contributed by atoms with van der Waals surface area (Å²) in [5.74, 6) is 1.95. The third-order valence-corrected chi connectivity index (χ3v) is 12.4. The normalized spacial score (nSPS) is 11.9. The summed E-state index contributed by atoms with van der Waals surface area (Å²) < 4.78 is 11.6. The zero-order chi connectivity index (χ0) is 37.5. The van der Waals surface area contributed by atoms with Crippen molar-refractivity contribution in [2.75, 3.05) is 0 Å². The predicted octanol–water partition coefficient (Wildman–Crippen LogP) is 13.9. The number of para-hydroxylation sites is 3. The van der Waals surface area contributed by atoms with Crippen LogP contribution >= 0.6 is 11.3 Å². The zero-order valence-corrected chi connectivity index (χ0v) is 31.2. The van der Waals surface area contributed by atoms with Crippen molar-refractivity contribution in [1.29, 1.82) is 0 Å². The van der Waals surface area contributed by atoms with Crippen LogP contribution in [-0.4, -0.2) is 19.5 Å². The Bertz CT molecular complexity index is 3420. The van der Waals surface area contributed by atoms with E-state index in [0.29, 0.717) is 17.5 Å². The van der Waals surface area contributed by atoms with Crippen molar-refractivity contribution in [3.63, 3.8) is 0 Å². The van der Waals surface area contributed by atoms with Crippen LogP contribution in [0.4, 0.5) is 0 Å². The van der Waals surface area contributed by atoms with Gasteiger partial charge in [0, 0.05) is 64.1 Å². The average molecular weight is 747 g/mol. The van der Waals surface area contributed by atoms with Gasteiger partial charge in [-0.2, -0.15) is 0 Å². The second-order valence-corrected chi connectivity index (χ2v) is 15.3. The molecule has 0 unspecified atom stereocenters. The molecule has 0 radical (unpaired) electrons. The molecular formula is C51H30N4OS. The highest BCUT2D eigenvalue weighted by atomic mass is 32.1. The van der Waals surface area contributed by atoms with Gasteiger partial charge < -0.3 is 8.98 Å². The Kier molecular flexibility index (Phi) is 7.03. The Morgan fingerprint density at radius 2 is 0.877 bits per heavy atom. The highest BCUT2D eigenvalue weighted by Crippen LogP contribution is 2.47. The van der Waals surface area contributed by atoms with Crippen molar-refractivity contribution < 1.29 is 4.42 Å². The molecule has 0 aliphatic heterocycles. The molecule has 0 aliphatic carbocycles. The SMILES string of the molecule is c1ccc(-c2nc(-c3ccccc3)nc(-c3cccc4c3sc3c(-c5cccc6c5oc5cccc(-n7c8ccccc8c8ccccc87)c56)cccc34)n2)cc1. The van der Waals surface area contributed by atoms with Gasteiger partial charge in [0.1, 0.15) is 11.2 Å². The van der Waals surface area contributed by atoms with Gasteiger partial charge in [0.05, 0.1) is 22.1 Å². The molecule has 4 heterocycles. The first-order valence-electron chi connectivity index (χ1n) is 19.0. The molecule has 12 rings (SSSR count). The molecule has 266 valence electrons. The molecule has 0 atom stereocenters. The monoisotopic (exact) mass is 746 g/mol. The van der Waals surface area contributed by atoms with Crippen molar-refractivity contribution in [3.05, 3.63) is 182 Å². The molecule has 0 aliphatic rings. The number of fused-ring (bicyclic) bond motifs is 9. The summed E-state index contributed by atoms with van der Waals surface area (Å²) in [5.41, 5.74) is 10.3. The largest absolute Gasteiger partial charge is 0.455 e. The van der Waals surface area contributed by atoms with E-state index >= 15 is 0 Å². The van der Waals surface area contributed by atoms with Crippen molar-refractivity contribution in [3.8, 4) is 51.0 Å². The van der Waals surface area contributed by atoms with E-state index in [1.807, 2.05) is 60.7 Å². The van der Waals surface area contributed by atoms with Gasteiger partial charge in [-0.05, 0) is 30.3 Å². The van der Waals surface area contributed by atoms with Crippen LogP contribution in [0.2, 0.25) is 0 Å². The van der Waals surface area contributed by atoms with E-state index in [1.54, 1.807) is 11.3 Å². The molecule has 57 heavy (non-hydrogen) atoms. The smallest absolute Gasteiger partial charge is 0.165 e. The molecule has 0 N–H and O–H groups in total. The summed E-state index contributed by atoms with van der Waals surface area (Å²) in [5, 5.41) is 7.02. The summed E-state index contributed by atoms with van der Waals surface area (Å²) in [6.45, 7) is 0. The van der Waals surface area contributed by atoms with Gasteiger partial charge in [-0.1, -0.05) is 152 Å². The third kappa shape index (κ3) is 4.91. The lowest BCUT2D eigenvalue weighted by Crippen LogP contribution is -2.00. The van der Waals surface area contributed by atoms with E-state index in [0.717, 1.165) is 60.1 Å². The van der Waals surface area contributed by atoms with Gasteiger partial charge in [0.25, 0.3) is 0 Å². The molecule has 4 aromatic heterocycles. The van der Waals surface area contributed by atoms with Crippen LogP contribution in [0.1, 0.15) is 0 Å². The number of hydrogen-bond donors (Lipinski definition) is 0. The Balaban J connectivity index is 1.07. The first-order chi connectivity index (χ1) is 28.3. The lowest BCUT2D eigenvalue weighted by Gasteiger charge is -2.09. The van der Waals surface area contributed by atoms with Crippen molar-refractivity contribution in [1.82, 2.24) is 19.5 Å². The van der Waals surface area contributed by atoms with E-state index in [9.17, 15) is 0 Å². The summed E-state index contributed by atoms with van der Waals surface area (Å²) in [7, 11) is 0. The fourth-order valence-electron chi connectivity index (χ4n) is 8.55. The van der Waals surface area contributed by atoms with Gasteiger partial charge in [-0.15, -0.1) is 11.3 Å². The van der Waals surface area contributed by atoms with Crippen molar-refractivity contribution in [2.24, 2.45) is 0 Å². The second-order valence-electron chi connectivity index (χ2n) is 14.3. The number of aromatic nitrogens is 4. The van der Waals surface area contributed by atoms with Gasteiger partial charge in [-0.3, -0.25) is 0 Å². The minimum absolute atomic E-state index is 0.648. The number of nitrogens with zero attached hydrogens (tertiary/aromatic N) is 4. The molecule has 0 amide bonds. The van der Waals surface area contributed by atoms with Crippen LogP contribution in [0.15, 0.2) is 186 Å². The second kappa shape index (κ2) is 12.6.